The number of hydrogen-bond acceptors (Lipinski definition) is 1. The minimum atomic E-state index is -2.20. The summed E-state index contributed by atoms with van der Waals surface area (Å²) in [5.41, 5.74) is 3.06. The average Bonchev–Trinajstić information content (AvgIpc) is 3.58. The smallest absolute Gasteiger partial charge is 0.200 e. The van der Waals surface area contributed by atoms with Gasteiger partial charge in [-0.15, -0.1) is 0 Å². The second kappa shape index (κ2) is 14.3. The number of imidazole rings is 1. The molecule has 0 N–H and O–H groups in total. The first-order chi connectivity index (χ1) is 25.8. The molecule has 0 saturated carbocycles. The summed E-state index contributed by atoms with van der Waals surface area (Å²) >= 11 is 0. The molecule has 0 bridgehead atoms. The Labute approximate surface area is 304 Å². The maximum atomic E-state index is 15.7. The van der Waals surface area contributed by atoms with Crippen molar-refractivity contribution in [2.75, 3.05) is 0 Å². The van der Waals surface area contributed by atoms with Crippen LogP contribution in [0.25, 0.3) is 44.7 Å². The molecule has 0 fully saturated rings. The second-order valence-electron chi connectivity index (χ2n) is 12.6. The number of nitrogens with zero attached hydrogens (tertiary/aromatic N) is 2. The van der Waals surface area contributed by atoms with E-state index in [1.54, 1.807) is 4.57 Å². The number of aryl methyl sites for hydroxylation is 1. The van der Waals surface area contributed by atoms with E-state index in [1.807, 2.05) is 128 Å². The lowest BCUT2D eigenvalue weighted by molar-refractivity contribution is 0.368. The molecule has 8 heteroatoms. The maximum absolute atomic E-state index is 15.7. The minimum Gasteiger partial charge on any atom is -0.319 e. The van der Waals surface area contributed by atoms with Gasteiger partial charge >= 0.3 is 0 Å². The summed E-state index contributed by atoms with van der Waals surface area (Å²) < 4.78 is 77.1. The average molecular weight is 725 g/mol. The predicted molar refractivity (Wildman–Crippen MR) is 205 cm³/mol. The molecule has 8 rings (SSSR count). The van der Waals surface area contributed by atoms with Crippen LogP contribution in [0.5, 0.6) is 0 Å². The van der Waals surface area contributed by atoms with Crippen molar-refractivity contribution in [3.63, 3.8) is 0 Å². The van der Waals surface area contributed by atoms with Crippen molar-refractivity contribution < 1.29 is 22.0 Å². The Kier molecular flexibility index (Phi) is 9.19. The summed E-state index contributed by atoms with van der Waals surface area (Å²) in [4.78, 5) is 5.33. The summed E-state index contributed by atoms with van der Waals surface area (Å²) in [7, 11) is -1.26. The van der Waals surface area contributed by atoms with Crippen LogP contribution in [0.3, 0.4) is 0 Å². The molecular weight excluding hydrogens is 694 g/mol. The lowest BCUT2D eigenvalue weighted by atomic mass is 10.00. The zero-order chi connectivity index (χ0) is 36.6. The van der Waals surface area contributed by atoms with Crippen LogP contribution in [0.4, 0.5) is 22.0 Å². The molecule has 0 unspecified atom stereocenters. The number of fused-ring (bicyclic) bond motifs is 1. The fourth-order valence-corrected chi connectivity index (χ4v) is 9.60. The van der Waals surface area contributed by atoms with Crippen LogP contribution in [-0.4, -0.2) is 9.55 Å². The molecule has 0 atom stereocenters. The van der Waals surface area contributed by atoms with Crippen LogP contribution in [-0.2, 0) is 6.54 Å². The molecule has 0 aliphatic carbocycles. The highest BCUT2D eigenvalue weighted by atomic mass is 31.1. The molecule has 53 heavy (non-hydrogen) atoms. The molecule has 260 valence electrons. The van der Waals surface area contributed by atoms with Gasteiger partial charge in [-0.2, -0.15) is 0 Å². The van der Waals surface area contributed by atoms with Crippen LogP contribution in [0.15, 0.2) is 152 Å². The SMILES string of the molecule is Cc1cc2ccccc2c(-c2nc(-c3ccccc3)c(-c3ccccc3)n2Cc2c(F)c(F)c(F)c(F)c2F)c1P(c1ccccc1)c1ccccc1. The first-order valence-corrected chi connectivity index (χ1v) is 18.3. The third-order valence-electron chi connectivity index (χ3n) is 9.37. The topological polar surface area (TPSA) is 17.8 Å². The number of benzene rings is 7. The second-order valence-corrected chi connectivity index (χ2v) is 14.8. The van der Waals surface area contributed by atoms with Gasteiger partial charge in [0, 0.05) is 22.3 Å². The Hall–Kier alpha value is -5.91. The fourth-order valence-electron chi connectivity index (χ4n) is 6.98. The van der Waals surface area contributed by atoms with E-state index < -0.39 is 49.1 Å². The van der Waals surface area contributed by atoms with Gasteiger partial charge in [-0.1, -0.05) is 152 Å². The molecule has 0 aliphatic heterocycles. The van der Waals surface area contributed by atoms with E-state index in [0.29, 0.717) is 28.3 Å². The van der Waals surface area contributed by atoms with E-state index in [4.69, 9.17) is 4.98 Å². The summed E-state index contributed by atoms with van der Waals surface area (Å²) in [6.07, 6.45) is 0. The van der Waals surface area contributed by atoms with Crippen LogP contribution < -0.4 is 15.9 Å². The van der Waals surface area contributed by atoms with Crippen molar-refractivity contribution in [3.05, 3.63) is 192 Å². The van der Waals surface area contributed by atoms with Crippen LogP contribution >= 0.6 is 7.92 Å². The van der Waals surface area contributed by atoms with Gasteiger partial charge in [-0.05, 0) is 47.1 Å². The lowest BCUT2D eigenvalue weighted by Gasteiger charge is -2.26. The molecule has 0 aliphatic rings. The zero-order valence-electron chi connectivity index (χ0n) is 28.4. The van der Waals surface area contributed by atoms with Crippen molar-refractivity contribution in [1.82, 2.24) is 9.55 Å². The van der Waals surface area contributed by atoms with Crippen LogP contribution in [0, 0.1) is 36.0 Å². The van der Waals surface area contributed by atoms with E-state index >= 15 is 8.78 Å². The van der Waals surface area contributed by atoms with Crippen molar-refractivity contribution in [3.8, 4) is 33.9 Å². The molecule has 0 radical (unpaired) electrons. The third kappa shape index (κ3) is 6.11. The van der Waals surface area contributed by atoms with E-state index in [-0.39, 0.29) is 0 Å². The molecule has 7 aromatic carbocycles. The minimum absolute atomic E-state index is 0.334. The van der Waals surface area contributed by atoms with Crippen LogP contribution in [0.1, 0.15) is 11.1 Å². The molecule has 0 saturated heterocycles. The number of aromatic nitrogens is 2. The van der Waals surface area contributed by atoms with Crippen molar-refractivity contribution in [1.29, 1.82) is 0 Å². The molecule has 0 amide bonds. The maximum Gasteiger partial charge on any atom is 0.200 e. The van der Waals surface area contributed by atoms with E-state index in [0.717, 1.165) is 37.8 Å². The van der Waals surface area contributed by atoms with Crippen molar-refractivity contribution in [2.45, 2.75) is 13.5 Å². The number of hydrogen-bond donors (Lipinski definition) is 0. The Balaban J connectivity index is 1.55. The highest BCUT2D eigenvalue weighted by Crippen LogP contribution is 2.44. The number of rotatable bonds is 8. The molecule has 8 aromatic rings. The molecule has 1 aromatic heterocycles. The fraction of sp³-hybridized carbons (Fsp3) is 0.0444. The van der Waals surface area contributed by atoms with E-state index in [1.165, 1.54) is 0 Å². The van der Waals surface area contributed by atoms with Crippen molar-refractivity contribution in [2.24, 2.45) is 0 Å². The van der Waals surface area contributed by atoms with Gasteiger partial charge in [0.05, 0.1) is 17.9 Å². The largest absolute Gasteiger partial charge is 0.319 e. The Morgan fingerprint density at radius 3 is 1.58 bits per heavy atom. The molecule has 2 nitrogen and oxygen atoms in total. The highest BCUT2D eigenvalue weighted by molar-refractivity contribution is 7.80. The molecule has 0 spiro atoms. The van der Waals surface area contributed by atoms with Crippen molar-refractivity contribution >= 4 is 34.6 Å². The Bertz CT molecular complexity index is 2520. The first-order valence-electron chi connectivity index (χ1n) is 17.0. The molecular formula is C45H30F5N2P. The van der Waals surface area contributed by atoms with Gasteiger partial charge in [-0.3, -0.25) is 0 Å². The first kappa shape index (κ1) is 34.2. The lowest BCUT2D eigenvalue weighted by Crippen LogP contribution is -2.25. The van der Waals surface area contributed by atoms with E-state index in [9.17, 15) is 13.2 Å². The van der Waals surface area contributed by atoms with Gasteiger partial charge in [0.15, 0.2) is 23.3 Å². The van der Waals surface area contributed by atoms with Crippen LogP contribution in [0.2, 0.25) is 0 Å². The standard InChI is InChI=1S/C45H30F5N2P/c1-28-26-31-20-14-15-25-34(31)36(44(28)53(32-21-10-4-11-22-32)33-23-12-5-13-24-33)45-51-42(29-16-6-2-7-17-29)43(30-18-8-3-9-19-30)52(45)27-35-37(46)39(48)41(50)40(49)38(35)47/h2-26H,27H2,1H3. The zero-order valence-corrected chi connectivity index (χ0v) is 29.3. The summed E-state index contributed by atoms with van der Waals surface area (Å²) in [6.45, 7) is 1.35. The van der Waals surface area contributed by atoms with Gasteiger partial charge in [0.2, 0.25) is 5.82 Å². The Morgan fingerprint density at radius 1 is 0.547 bits per heavy atom. The quantitative estimate of drug-likeness (QED) is 0.0660. The summed E-state index contributed by atoms with van der Waals surface area (Å²) in [5, 5.41) is 4.83. The summed E-state index contributed by atoms with van der Waals surface area (Å²) in [5.74, 6) is -9.63. The van der Waals surface area contributed by atoms with E-state index in [2.05, 4.69) is 30.3 Å². The Morgan fingerprint density at radius 2 is 1.02 bits per heavy atom. The van der Waals surface area contributed by atoms with Gasteiger partial charge < -0.3 is 4.57 Å². The van der Waals surface area contributed by atoms with Gasteiger partial charge in [-0.25, -0.2) is 26.9 Å². The predicted octanol–water partition coefficient (Wildman–Crippen LogP) is 10.8. The normalized spacial score (nSPS) is 11.5. The number of halogens is 5. The highest BCUT2D eigenvalue weighted by Gasteiger charge is 2.32. The summed E-state index contributed by atoms with van der Waals surface area (Å²) in [6, 6.07) is 48.8. The monoisotopic (exact) mass is 724 g/mol. The van der Waals surface area contributed by atoms with Gasteiger partial charge in [0.25, 0.3) is 0 Å². The third-order valence-corrected chi connectivity index (χ3v) is 12.0. The van der Waals surface area contributed by atoms with Gasteiger partial charge in [0.1, 0.15) is 5.82 Å². The molecule has 1 heterocycles.